The molecule has 0 aromatic carbocycles. The normalized spacial score (nSPS) is 13.4. The van der Waals surface area contributed by atoms with Crippen LogP contribution < -0.4 is 16.0 Å². The molecule has 0 atom stereocenters. The predicted molar refractivity (Wildman–Crippen MR) is 119 cm³/mol. The number of carbonyl (C=O) groups is 3. The Bertz CT molecular complexity index is 982. The number of thiophene rings is 1. The topological polar surface area (TPSA) is 119 Å². The molecule has 1 aliphatic rings. The lowest BCUT2D eigenvalue weighted by molar-refractivity contribution is -0.143. The minimum Gasteiger partial charge on any atom is -0.463 e. The first kappa shape index (κ1) is 22.8. The van der Waals surface area contributed by atoms with E-state index in [0.29, 0.717) is 13.0 Å². The van der Waals surface area contributed by atoms with Crippen molar-refractivity contribution >= 4 is 45.8 Å². The third-order valence-electron chi connectivity index (χ3n) is 4.28. The number of nitrogens with one attached hydrogen (secondary N) is 3. The van der Waals surface area contributed by atoms with E-state index in [2.05, 4.69) is 40.0 Å². The molecular formula is C20H24N4O5S2. The maximum Gasteiger partial charge on any atom is 0.337 e. The van der Waals surface area contributed by atoms with Gasteiger partial charge in [0.15, 0.2) is 5.13 Å². The van der Waals surface area contributed by atoms with Gasteiger partial charge in [-0.05, 0) is 32.4 Å². The fourth-order valence-electron chi connectivity index (χ4n) is 2.76. The first-order valence-electron chi connectivity index (χ1n) is 9.82. The molecule has 2 aromatic rings. The average molecular weight is 465 g/mol. The maximum atomic E-state index is 12.0. The molecule has 2 aromatic heterocycles. The number of aryl methyl sites for hydroxylation is 1. The second-order valence-corrected chi connectivity index (χ2v) is 8.77. The van der Waals surface area contributed by atoms with E-state index < -0.39 is 18.0 Å². The molecule has 0 saturated heterocycles. The summed E-state index contributed by atoms with van der Waals surface area (Å²) in [4.78, 5) is 42.5. The van der Waals surface area contributed by atoms with Crippen LogP contribution in [0.1, 0.15) is 24.6 Å². The van der Waals surface area contributed by atoms with Gasteiger partial charge in [0, 0.05) is 23.2 Å². The zero-order chi connectivity index (χ0) is 22.2. The Hall–Kier alpha value is -2.92. The van der Waals surface area contributed by atoms with Crippen molar-refractivity contribution in [2.75, 3.05) is 31.6 Å². The van der Waals surface area contributed by atoms with Gasteiger partial charge >= 0.3 is 18.0 Å². The number of thiazole rings is 1. The zero-order valence-electron chi connectivity index (χ0n) is 17.3. The summed E-state index contributed by atoms with van der Waals surface area (Å²) in [5, 5.41) is 11.0. The highest BCUT2D eigenvalue weighted by atomic mass is 32.1. The van der Waals surface area contributed by atoms with E-state index in [-0.39, 0.29) is 37.4 Å². The molecule has 11 heteroatoms. The Morgan fingerprint density at radius 3 is 2.87 bits per heavy atom. The van der Waals surface area contributed by atoms with Gasteiger partial charge in [0.1, 0.15) is 6.61 Å². The van der Waals surface area contributed by atoms with Crippen LogP contribution in [0.25, 0.3) is 10.6 Å². The summed E-state index contributed by atoms with van der Waals surface area (Å²) < 4.78 is 10.2. The molecule has 0 aliphatic carbocycles. The number of nitrogens with zero attached hydrogens (tertiary/aromatic N) is 1. The fraction of sp³-hybridized carbons (Fsp3) is 0.400. The summed E-state index contributed by atoms with van der Waals surface area (Å²) in [7, 11) is 0. The number of carbonyl (C=O) groups excluding carboxylic acids is 3. The number of anilines is 1. The smallest absolute Gasteiger partial charge is 0.337 e. The summed E-state index contributed by atoms with van der Waals surface area (Å²) >= 11 is 3.22. The zero-order valence-corrected chi connectivity index (χ0v) is 18.9. The summed E-state index contributed by atoms with van der Waals surface area (Å²) in [6.45, 7) is 4.38. The highest BCUT2D eigenvalue weighted by Gasteiger charge is 2.24. The van der Waals surface area contributed by atoms with Gasteiger partial charge in [0.25, 0.3) is 0 Å². The highest BCUT2D eigenvalue weighted by Crippen LogP contribution is 2.30. The van der Waals surface area contributed by atoms with Gasteiger partial charge in [-0.1, -0.05) is 0 Å². The number of hydrogen-bond acceptors (Lipinski definition) is 9. The quantitative estimate of drug-likeness (QED) is 0.365. The number of aromatic nitrogens is 1. The van der Waals surface area contributed by atoms with Crippen molar-refractivity contribution in [2.24, 2.45) is 0 Å². The SMILES string of the molecule is CCOC(=O)C1=C(COC(=O)CCCNc2nc(-c3ccc(C)s3)cs2)NC(=O)NC1. The molecule has 0 fully saturated rings. The van der Waals surface area contributed by atoms with E-state index in [0.717, 1.165) is 15.7 Å². The highest BCUT2D eigenvalue weighted by molar-refractivity contribution is 7.16. The lowest BCUT2D eigenvalue weighted by Gasteiger charge is -2.21. The molecule has 166 valence electrons. The van der Waals surface area contributed by atoms with Crippen LogP contribution in [0.5, 0.6) is 0 Å². The van der Waals surface area contributed by atoms with Crippen LogP contribution in [0.2, 0.25) is 0 Å². The van der Waals surface area contributed by atoms with Crippen molar-refractivity contribution in [3.63, 3.8) is 0 Å². The van der Waals surface area contributed by atoms with Crippen LogP contribution in [-0.4, -0.2) is 49.3 Å². The van der Waals surface area contributed by atoms with Gasteiger partial charge in [-0.25, -0.2) is 14.6 Å². The molecule has 3 N–H and O–H groups in total. The largest absolute Gasteiger partial charge is 0.463 e. The van der Waals surface area contributed by atoms with Crippen LogP contribution in [0.4, 0.5) is 9.93 Å². The van der Waals surface area contributed by atoms with Crippen LogP contribution in [0.3, 0.4) is 0 Å². The predicted octanol–water partition coefficient (Wildman–Crippen LogP) is 3.05. The maximum absolute atomic E-state index is 12.0. The van der Waals surface area contributed by atoms with E-state index >= 15 is 0 Å². The van der Waals surface area contributed by atoms with Crippen molar-refractivity contribution in [3.8, 4) is 10.6 Å². The summed E-state index contributed by atoms with van der Waals surface area (Å²) in [5.74, 6) is -0.968. The van der Waals surface area contributed by atoms with Gasteiger partial charge in [-0.3, -0.25) is 4.79 Å². The molecule has 2 amide bonds. The summed E-state index contributed by atoms with van der Waals surface area (Å²) in [6.07, 6.45) is 0.757. The van der Waals surface area contributed by atoms with Crippen molar-refractivity contribution in [1.29, 1.82) is 0 Å². The third kappa shape index (κ3) is 6.53. The number of hydrogen-bond donors (Lipinski definition) is 3. The van der Waals surface area contributed by atoms with Crippen molar-refractivity contribution in [1.82, 2.24) is 15.6 Å². The van der Waals surface area contributed by atoms with Crippen molar-refractivity contribution in [3.05, 3.63) is 33.7 Å². The number of amides is 2. The van der Waals surface area contributed by atoms with E-state index in [4.69, 9.17) is 9.47 Å². The molecule has 3 rings (SSSR count). The van der Waals surface area contributed by atoms with Crippen molar-refractivity contribution < 1.29 is 23.9 Å². The molecule has 0 saturated carbocycles. The monoisotopic (exact) mass is 464 g/mol. The first-order valence-corrected chi connectivity index (χ1v) is 11.5. The number of ether oxygens (including phenoxy) is 2. The first-order chi connectivity index (χ1) is 15.0. The van der Waals surface area contributed by atoms with Crippen molar-refractivity contribution in [2.45, 2.75) is 26.7 Å². The Labute approximate surface area is 187 Å². The molecular weight excluding hydrogens is 440 g/mol. The van der Waals surface area contributed by atoms with Gasteiger partial charge in [0.2, 0.25) is 0 Å². The summed E-state index contributed by atoms with van der Waals surface area (Å²) in [6, 6.07) is 3.67. The molecule has 0 radical (unpaired) electrons. The number of urea groups is 1. The van der Waals surface area contributed by atoms with Gasteiger partial charge in [0.05, 0.1) is 35.0 Å². The fourth-order valence-corrected chi connectivity index (χ4v) is 4.40. The van der Waals surface area contributed by atoms with Gasteiger partial charge in [-0.2, -0.15) is 0 Å². The minimum absolute atomic E-state index is 0.0301. The lowest BCUT2D eigenvalue weighted by atomic mass is 10.1. The van der Waals surface area contributed by atoms with E-state index in [1.165, 1.54) is 16.2 Å². The minimum atomic E-state index is -0.550. The van der Waals surface area contributed by atoms with E-state index in [1.807, 2.05) is 5.38 Å². The van der Waals surface area contributed by atoms with Crippen LogP contribution in [0, 0.1) is 6.92 Å². The summed E-state index contributed by atoms with van der Waals surface area (Å²) in [5.41, 5.74) is 1.43. The van der Waals surface area contributed by atoms with Gasteiger partial charge < -0.3 is 25.4 Å². The molecule has 1 aliphatic heterocycles. The molecule has 3 heterocycles. The molecule has 0 bridgehead atoms. The molecule has 9 nitrogen and oxygen atoms in total. The Balaban J connectivity index is 1.41. The Kier molecular flexibility index (Phi) is 8.01. The van der Waals surface area contributed by atoms with Crippen LogP contribution in [0.15, 0.2) is 28.8 Å². The lowest BCUT2D eigenvalue weighted by Crippen LogP contribution is -2.45. The number of rotatable bonds is 10. The molecule has 0 unspecified atom stereocenters. The second kappa shape index (κ2) is 10.9. The second-order valence-electron chi connectivity index (χ2n) is 6.62. The van der Waals surface area contributed by atoms with E-state index in [9.17, 15) is 14.4 Å². The average Bonchev–Trinajstić information content (AvgIpc) is 3.39. The van der Waals surface area contributed by atoms with E-state index in [1.54, 1.807) is 18.3 Å². The molecule has 0 spiro atoms. The van der Waals surface area contributed by atoms with Crippen LogP contribution >= 0.6 is 22.7 Å². The van der Waals surface area contributed by atoms with Gasteiger partial charge in [-0.15, -0.1) is 22.7 Å². The standard InChI is InChI=1S/C20H24N4O5S2/c1-3-28-18(26)13-9-22-19(27)23-14(13)10-29-17(25)5-4-8-21-20-24-15(11-30-20)16-7-6-12(2)31-16/h6-7,11H,3-5,8-10H2,1-2H3,(H,21,24)(H2,22,23,27). The number of esters is 2. The van der Waals surface area contributed by atoms with Crippen LogP contribution in [-0.2, 0) is 19.1 Å². The third-order valence-corrected chi connectivity index (χ3v) is 6.11. The molecule has 31 heavy (non-hydrogen) atoms. The Morgan fingerprint density at radius 1 is 1.29 bits per heavy atom. The Morgan fingerprint density at radius 2 is 2.13 bits per heavy atom.